The Bertz CT molecular complexity index is 418. The summed E-state index contributed by atoms with van der Waals surface area (Å²) in [6.07, 6.45) is 15.9. The SMILES string of the molecule is C=Cc1ccc(N(CCCCCCCCCCCC)C(C)C)cc1. The number of hydrogen-bond donors (Lipinski definition) is 0. The summed E-state index contributed by atoms with van der Waals surface area (Å²) in [6.45, 7) is 11.9. The molecule has 0 aliphatic rings. The molecule has 0 aliphatic carbocycles. The first-order valence-corrected chi connectivity index (χ1v) is 10.2. The standard InChI is InChI=1S/C23H39N/c1-5-7-8-9-10-11-12-13-14-15-20-24(21(3)4)23-18-16-22(6-2)17-19-23/h6,16-19,21H,2,5,7-15,20H2,1,3-4H3. The molecular weight excluding hydrogens is 290 g/mol. The maximum absolute atomic E-state index is 3.83. The Morgan fingerprint density at radius 2 is 1.33 bits per heavy atom. The van der Waals surface area contributed by atoms with Gasteiger partial charge in [0, 0.05) is 18.3 Å². The zero-order valence-electron chi connectivity index (χ0n) is 16.4. The third kappa shape index (κ3) is 8.57. The van der Waals surface area contributed by atoms with Gasteiger partial charge in [0.15, 0.2) is 0 Å². The van der Waals surface area contributed by atoms with Crippen LogP contribution in [0.3, 0.4) is 0 Å². The van der Waals surface area contributed by atoms with Gasteiger partial charge in [-0.1, -0.05) is 89.5 Å². The van der Waals surface area contributed by atoms with Crippen molar-refractivity contribution in [2.45, 2.75) is 91.0 Å². The van der Waals surface area contributed by atoms with E-state index >= 15 is 0 Å². The molecule has 0 fully saturated rings. The average molecular weight is 330 g/mol. The molecule has 0 aliphatic heterocycles. The number of benzene rings is 1. The Morgan fingerprint density at radius 3 is 1.79 bits per heavy atom. The minimum absolute atomic E-state index is 0.554. The van der Waals surface area contributed by atoms with Crippen LogP contribution in [0, 0.1) is 0 Å². The van der Waals surface area contributed by atoms with Crippen molar-refractivity contribution < 1.29 is 0 Å². The lowest BCUT2D eigenvalue weighted by Crippen LogP contribution is -2.31. The molecule has 1 heteroatoms. The summed E-state index contributed by atoms with van der Waals surface area (Å²) in [4.78, 5) is 2.53. The third-order valence-electron chi connectivity index (χ3n) is 4.84. The largest absolute Gasteiger partial charge is 0.369 e. The molecule has 0 atom stereocenters. The molecule has 0 saturated carbocycles. The molecule has 1 aromatic carbocycles. The number of rotatable bonds is 14. The van der Waals surface area contributed by atoms with Crippen LogP contribution in [0.25, 0.3) is 6.08 Å². The first kappa shape index (κ1) is 20.8. The lowest BCUT2D eigenvalue weighted by atomic mass is 10.1. The third-order valence-corrected chi connectivity index (χ3v) is 4.84. The maximum atomic E-state index is 3.83. The summed E-state index contributed by atoms with van der Waals surface area (Å²) < 4.78 is 0. The van der Waals surface area contributed by atoms with Crippen molar-refractivity contribution in [1.29, 1.82) is 0 Å². The Hall–Kier alpha value is -1.24. The van der Waals surface area contributed by atoms with Gasteiger partial charge in [-0.05, 0) is 38.0 Å². The highest BCUT2D eigenvalue weighted by Gasteiger charge is 2.09. The molecule has 0 heterocycles. The predicted molar refractivity (Wildman–Crippen MR) is 111 cm³/mol. The summed E-state index contributed by atoms with van der Waals surface area (Å²) in [7, 11) is 0. The highest BCUT2D eigenvalue weighted by molar-refractivity contribution is 5.55. The van der Waals surface area contributed by atoms with Crippen LogP contribution in [-0.2, 0) is 0 Å². The highest BCUT2D eigenvalue weighted by Crippen LogP contribution is 2.20. The molecule has 24 heavy (non-hydrogen) atoms. The van der Waals surface area contributed by atoms with Crippen LogP contribution in [0.15, 0.2) is 30.8 Å². The van der Waals surface area contributed by atoms with Crippen molar-refractivity contribution in [3.63, 3.8) is 0 Å². The molecule has 1 aromatic rings. The van der Waals surface area contributed by atoms with Gasteiger partial charge < -0.3 is 4.90 Å². The van der Waals surface area contributed by atoms with E-state index in [0.717, 1.165) is 0 Å². The van der Waals surface area contributed by atoms with Crippen molar-refractivity contribution in [1.82, 2.24) is 0 Å². The molecule has 0 radical (unpaired) electrons. The number of unbranched alkanes of at least 4 members (excludes halogenated alkanes) is 9. The second-order valence-electron chi connectivity index (χ2n) is 7.26. The van der Waals surface area contributed by atoms with E-state index in [1.165, 1.54) is 82.0 Å². The monoisotopic (exact) mass is 329 g/mol. The van der Waals surface area contributed by atoms with Gasteiger partial charge in [0.2, 0.25) is 0 Å². The molecule has 0 unspecified atom stereocenters. The van der Waals surface area contributed by atoms with Gasteiger partial charge >= 0.3 is 0 Å². The average Bonchev–Trinajstić information content (AvgIpc) is 2.59. The molecule has 1 nitrogen and oxygen atoms in total. The predicted octanol–water partition coefficient (Wildman–Crippen LogP) is 7.47. The second kappa shape index (κ2) is 13.1. The molecule has 1 rings (SSSR count). The van der Waals surface area contributed by atoms with Gasteiger partial charge in [-0.15, -0.1) is 0 Å². The second-order valence-corrected chi connectivity index (χ2v) is 7.26. The Balaban J connectivity index is 2.19. The van der Waals surface area contributed by atoms with Crippen LogP contribution in [0.2, 0.25) is 0 Å². The molecule has 0 aromatic heterocycles. The molecule has 0 N–H and O–H groups in total. The summed E-state index contributed by atoms with van der Waals surface area (Å²) in [5.74, 6) is 0. The fourth-order valence-electron chi connectivity index (χ4n) is 3.26. The first-order valence-electron chi connectivity index (χ1n) is 10.2. The van der Waals surface area contributed by atoms with Gasteiger partial charge in [-0.3, -0.25) is 0 Å². The maximum Gasteiger partial charge on any atom is 0.0368 e. The fraction of sp³-hybridized carbons (Fsp3) is 0.652. The van der Waals surface area contributed by atoms with Crippen LogP contribution in [-0.4, -0.2) is 12.6 Å². The quantitative estimate of drug-likeness (QED) is 0.320. The van der Waals surface area contributed by atoms with Crippen molar-refractivity contribution in [2.75, 3.05) is 11.4 Å². The van der Waals surface area contributed by atoms with Crippen LogP contribution < -0.4 is 4.90 Å². The summed E-state index contributed by atoms with van der Waals surface area (Å²) in [5, 5.41) is 0. The summed E-state index contributed by atoms with van der Waals surface area (Å²) >= 11 is 0. The van der Waals surface area contributed by atoms with Crippen molar-refractivity contribution in [3.8, 4) is 0 Å². The van der Waals surface area contributed by atoms with Gasteiger partial charge in [0.25, 0.3) is 0 Å². The molecule has 0 amide bonds. The lowest BCUT2D eigenvalue weighted by Gasteiger charge is -2.29. The minimum atomic E-state index is 0.554. The van der Waals surface area contributed by atoms with E-state index in [4.69, 9.17) is 0 Å². The van der Waals surface area contributed by atoms with E-state index in [1.54, 1.807) is 0 Å². The van der Waals surface area contributed by atoms with Crippen molar-refractivity contribution >= 4 is 11.8 Å². The highest BCUT2D eigenvalue weighted by atomic mass is 15.1. The number of nitrogens with zero attached hydrogens (tertiary/aromatic N) is 1. The van der Waals surface area contributed by atoms with E-state index < -0.39 is 0 Å². The minimum Gasteiger partial charge on any atom is -0.369 e. The van der Waals surface area contributed by atoms with E-state index in [9.17, 15) is 0 Å². The van der Waals surface area contributed by atoms with Crippen LogP contribution in [0.4, 0.5) is 5.69 Å². The zero-order valence-corrected chi connectivity index (χ0v) is 16.4. The molecule has 0 spiro atoms. The zero-order chi connectivity index (χ0) is 17.6. The first-order chi connectivity index (χ1) is 11.7. The molecule has 136 valence electrons. The van der Waals surface area contributed by atoms with Crippen LogP contribution in [0.5, 0.6) is 0 Å². The van der Waals surface area contributed by atoms with E-state index in [0.29, 0.717) is 6.04 Å². The smallest absolute Gasteiger partial charge is 0.0368 e. The number of hydrogen-bond acceptors (Lipinski definition) is 1. The Labute approximate surface area is 151 Å². The van der Waals surface area contributed by atoms with Crippen LogP contribution >= 0.6 is 0 Å². The molecule has 0 saturated heterocycles. The Morgan fingerprint density at radius 1 is 0.833 bits per heavy atom. The van der Waals surface area contributed by atoms with Crippen LogP contribution in [0.1, 0.15) is 90.5 Å². The van der Waals surface area contributed by atoms with Gasteiger partial charge in [-0.25, -0.2) is 0 Å². The topological polar surface area (TPSA) is 3.24 Å². The lowest BCUT2D eigenvalue weighted by molar-refractivity contribution is 0.548. The van der Waals surface area contributed by atoms with Crippen molar-refractivity contribution in [3.05, 3.63) is 36.4 Å². The van der Waals surface area contributed by atoms with Gasteiger partial charge in [0.1, 0.15) is 0 Å². The fourth-order valence-corrected chi connectivity index (χ4v) is 3.26. The summed E-state index contributed by atoms with van der Waals surface area (Å²) in [5.41, 5.74) is 2.54. The van der Waals surface area contributed by atoms with E-state index in [-0.39, 0.29) is 0 Å². The summed E-state index contributed by atoms with van der Waals surface area (Å²) in [6, 6.07) is 9.34. The van der Waals surface area contributed by atoms with Gasteiger partial charge in [-0.2, -0.15) is 0 Å². The number of anilines is 1. The normalized spacial score (nSPS) is 11.0. The van der Waals surface area contributed by atoms with E-state index in [2.05, 4.69) is 56.5 Å². The molecular formula is C23H39N. The van der Waals surface area contributed by atoms with Gasteiger partial charge in [0.05, 0.1) is 0 Å². The van der Waals surface area contributed by atoms with E-state index in [1.807, 2.05) is 6.08 Å². The molecule has 0 bridgehead atoms. The van der Waals surface area contributed by atoms with Crippen molar-refractivity contribution in [2.24, 2.45) is 0 Å². The Kier molecular flexibility index (Phi) is 11.4.